The number of carboxylic acids is 1. The number of amides is 1. The maximum Gasteiger partial charge on any atom is 0.324 e. The molecule has 1 aromatic rings. The molecule has 0 bridgehead atoms. The molecule has 1 amide bonds. The van der Waals surface area contributed by atoms with E-state index in [0.29, 0.717) is 39.1 Å². The van der Waals surface area contributed by atoms with Crippen LogP contribution in [0.25, 0.3) is 0 Å². The average Bonchev–Trinajstić information content (AvgIpc) is 2.86. The number of aliphatic carboxylic acids is 1. The van der Waals surface area contributed by atoms with Crippen molar-refractivity contribution in [3.05, 3.63) is 29.8 Å². The van der Waals surface area contributed by atoms with Gasteiger partial charge in [-0.25, -0.2) is 0 Å². The molecule has 0 spiro atoms. The van der Waals surface area contributed by atoms with Crippen molar-refractivity contribution in [1.82, 2.24) is 9.80 Å². The molecule has 2 fully saturated rings. The van der Waals surface area contributed by atoms with Crippen molar-refractivity contribution in [1.29, 1.82) is 0 Å². The van der Waals surface area contributed by atoms with Gasteiger partial charge in [-0.15, -0.1) is 0 Å². The summed E-state index contributed by atoms with van der Waals surface area (Å²) in [5.41, 5.74) is -0.114. The minimum absolute atomic E-state index is 0.0229. The molecule has 2 aliphatic heterocycles. The first-order valence-corrected chi connectivity index (χ1v) is 9.91. The van der Waals surface area contributed by atoms with Crippen LogP contribution >= 0.6 is 0 Å². The van der Waals surface area contributed by atoms with Crippen molar-refractivity contribution in [2.45, 2.75) is 37.8 Å². The lowest BCUT2D eigenvalue weighted by Gasteiger charge is -2.34. The Morgan fingerprint density at radius 2 is 1.96 bits per heavy atom. The normalized spacial score (nSPS) is 28.8. The number of likely N-dealkylation sites (N-methyl/N-ethyl adjacent to an activating group) is 1. The summed E-state index contributed by atoms with van der Waals surface area (Å²) < 4.78 is 10.7. The quantitative estimate of drug-likeness (QED) is 0.830. The van der Waals surface area contributed by atoms with Crippen molar-refractivity contribution in [2.24, 2.45) is 5.92 Å². The Kier molecular flexibility index (Phi) is 6.25. The number of benzene rings is 1. The number of ether oxygens (including phenoxy) is 2. The molecular formula is C21H30N2O5. The van der Waals surface area contributed by atoms with Crippen molar-refractivity contribution >= 4 is 11.9 Å². The van der Waals surface area contributed by atoms with E-state index >= 15 is 0 Å². The van der Waals surface area contributed by atoms with Crippen LogP contribution in [0.4, 0.5) is 0 Å². The van der Waals surface area contributed by atoms with Crippen LogP contribution in [0.5, 0.6) is 5.75 Å². The van der Waals surface area contributed by atoms with Crippen LogP contribution in [0, 0.1) is 5.92 Å². The number of nitrogens with zero attached hydrogens (tertiary/aromatic N) is 2. The molecule has 7 heteroatoms. The molecule has 2 aliphatic rings. The molecule has 0 saturated carbocycles. The fraction of sp³-hybridized carbons (Fsp3) is 0.619. The summed E-state index contributed by atoms with van der Waals surface area (Å²) in [6, 6.07) is 7.28. The molecule has 3 rings (SSSR count). The van der Waals surface area contributed by atoms with Crippen LogP contribution < -0.4 is 4.74 Å². The summed E-state index contributed by atoms with van der Waals surface area (Å²) in [4.78, 5) is 29.4. The number of carbonyl (C=O) groups is 2. The fourth-order valence-electron chi connectivity index (χ4n) is 4.62. The zero-order chi connectivity index (χ0) is 20.3. The van der Waals surface area contributed by atoms with Crippen LogP contribution in [-0.4, -0.2) is 72.8 Å². The van der Waals surface area contributed by atoms with E-state index in [0.717, 1.165) is 17.7 Å². The van der Waals surface area contributed by atoms with Gasteiger partial charge in [0.05, 0.1) is 19.6 Å². The Morgan fingerprint density at radius 3 is 2.57 bits per heavy atom. The molecule has 0 aromatic heterocycles. The largest absolute Gasteiger partial charge is 0.497 e. The Morgan fingerprint density at radius 1 is 1.25 bits per heavy atom. The van der Waals surface area contributed by atoms with Gasteiger partial charge in [-0.3, -0.25) is 14.5 Å². The lowest BCUT2D eigenvalue weighted by Crippen LogP contribution is -2.48. The van der Waals surface area contributed by atoms with Gasteiger partial charge >= 0.3 is 5.97 Å². The van der Waals surface area contributed by atoms with E-state index in [1.807, 2.05) is 48.0 Å². The van der Waals surface area contributed by atoms with Crippen LogP contribution in [0.3, 0.4) is 0 Å². The molecule has 2 saturated heterocycles. The second-order valence-corrected chi connectivity index (χ2v) is 7.62. The summed E-state index contributed by atoms with van der Waals surface area (Å²) in [5.74, 6) is -0.523. The maximum atomic E-state index is 13.5. The molecule has 0 radical (unpaired) electrons. The highest BCUT2D eigenvalue weighted by atomic mass is 16.5. The van der Waals surface area contributed by atoms with Gasteiger partial charge in [0, 0.05) is 25.7 Å². The zero-order valence-electron chi connectivity index (χ0n) is 16.9. The van der Waals surface area contributed by atoms with Gasteiger partial charge in [-0.05, 0) is 44.0 Å². The number of carboxylic acid groups (broad SMARTS) is 1. The second kappa shape index (κ2) is 8.49. The summed E-state index contributed by atoms with van der Waals surface area (Å²) >= 11 is 0. The van der Waals surface area contributed by atoms with Crippen molar-refractivity contribution in [3.63, 3.8) is 0 Å². The number of likely N-dealkylation sites (tertiary alicyclic amines) is 1. The number of carbonyl (C=O) groups excluding carboxylic acids is 1. The molecule has 0 aliphatic carbocycles. The molecule has 2 heterocycles. The first-order chi connectivity index (χ1) is 13.4. The predicted molar refractivity (Wildman–Crippen MR) is 104 cm³/mol. The van der Waals surface area contributed by atoms with Gasteiger partial charge < -0.3 is 19.5 Å². The molecule has 1 N–H and O–H groups in total. The van der Waals surface area contributed by atoms with Crippen LogP contribution in [0.15, 0.2) is 24.3 Å². The van der Waals surface area contributed by atoms with Gasteiger partial charge in [0.15, 0.2) is 0 Å². The third-order valence-corrected chi connectivity index (χ3v) is 6.32. The summed E-state index contributed by atoms with van der Waals surface area (Å²) in [6.07, 6.45) is 1.56. The van der Waals surface area contributed by atoms with Gasteiger partial charge in [0.25, 0.3) is 0 Å². The Hall–Kier alpha value is -2.12. The smallest absolute Gasteiger partial charge is 0.324 e. The van der Waals surface area contributed by atoms with Crippen LogP contribution in [0.1, 0.15) is 37.8 Å². The zero-order valence-corrected chi connectivity index (χ0v) is 16.9. The van der Waals surface area contributed by atoms with E-state index in [1.165, 1.54) is 0 Å². The second-order valence-electron chi connectivity index (χ2n) is 7.62. The SMILES string of the molecule is CC[C@@]1(C(=O)O)C[C@H](C(=O)N2CCCOCC2)[C@H](c2ccc(OC)cc2)N1C. The molecule has 1 aromatic carbocycles. The number of rotatable bonds is 5. The van der Waals surface area contributed by atoms with Crippen LogP contribution in [-0.2, 0) is 14.3 Å². The van der Waals surface area contributed by atoms with Crippen molar-refractivity contribution in [3.8, 4) is 5.75 Å². The molecule has 7 nitrogen and oxygen atoms in total. The maximum absolute atomic E-state index is 13.5. The fourth-order valence-corrected chi connectivity index (χ4v) is 4.62. The predicted octanol–water partition coefficient (Wildman–Crippen LogP) is 2.17. The van der Waals surface area contributed by atoms with Gasteiger partial charge in [0.1, 0.15) is 11.3 Å². The lowest BCUT2D eigenvalue weighted by atomic mass is 9.86. The van der Waals surface area contributed by atoms with E-state index in [1.54, 1.807) is 7.11 Å². The highest BCUT2D eigenvalue weighted by molar-refractivity contribution is 5.85. The highest BCUT2D eigenvalue weighted by Gasteiger charge is 2.56. The summed E-state index contributed by atoms with van der Waals surface area (Å²) in [7, 11) is 3.43. The third-order valence-electron chi connectivity index (χ3n) is 6.32. The van der Waals surface area contributed by atoms with Crippen molar-refractivity contribution < 1.29 is 24.2 Å². The van der Waals surface area contributed by atoms with E-state index in [-0.39, 0.29) is 11.9 Å². The van der Waals surface area contributed by atoms with E-state index in [2.05, 4.69) is 0 Å². The first-order valence-electron chi connectivity index (χ1n) is 9.91. The summed E-state index contributed by atoms with van der Waals surface area (Å²) in [5, 5.41) is 10.0. The molecular weight excluding hydrogens is 360 g/mol. The number of hydrogen-bond acceptors (Lipinski definition) is 5. The van der Waals surface area contributed by atoms with E-state index in [4.69, 9.17) is 9.47 Å². The Labute approximate surface area is 166 Å². The van der Waals surface area contributed by atoms with Crippen molar-refractivity contribution in [2.75, 3.05) is 40.5 Å². The monoisotopic (exact) mass is 390 g/mol. The molecule has 3 atom stereocenters. The standard InChI is InChI=1S/C21H30N2O5/c1-4-21(20(25)26)14-17(19(24)23-10-5-12-28-13-11-23)18(22(21)2)15-6-8-16(27-3)9-7-15/h6-9,17-18H,4-5,10-14H2,1-3H3,(H,25,26)/t17-,18-,21-/m0/s1. The molecule has 154 valence electrons. The van der Waals surface area contributed by atoms with Crippen LogP contribution in [0.2, 0.25) is 0 Å². The topological polar surface area (TPSA) is 79.3 Å². The average molecular weight is 390 g/mol. The van der Waals surface area contributed by atoms with Gasteiger partial charge in [-0.1, -0.05) is 19.1 Å². The first kappa shape index (κ1) is 20.6. The Balaban J connectivity index is 1.97. The minimum Gasteiger partial charge on any atom is -0.497 e. The molecule has 0 unspecified atom stereocenters. The molecule has 28 heavy (non-hydrogen) atoms. The van der Waals surface area contributed by atoms with Gasteiger partial charge in [0.2, 0.25) is 5.91 Å². The van der Waals surface area contributed by atoms with E-state index < -0.39 is 17.4 Å². The lowest BCUT2D eigenvalue weighted by molar-refractivity contribution is -0.150. The number of methoxy groups -OCH3 is 1. The number of hydrogen-bond donors (Lipinski definition) is 1. The minimum atomic E-state index is -1.05. The highest BCUT2D eigenvalue weighted by Crippen LogP contribution is 2.48. The third kappa shape index (κ3) is 3.61. The summed E-state index contributed by atoms with van der Waals surface area (Å²) in [6.45, 7) is 4.27. The van der Waals surface area contributed by atoms with E-state index in [9.17, 15) is 14.7 Å². The Bertz CT molecular complexity index is 699. The van der Waals surface area contributed by atoms with Gasteiger partial charge in [-0.2, -0.15) is 0 Å².